The van der Waals surface area contributed by atoms with Gasteiger partial charge in [-0.2, -0.15) is 0 Å². The number of hydrogen-bond donors (Lipinski definition) is 1. The summed E-state index contributed by atoms with van der Waals surface area (Å²) < 4.78 is 5.36. The second kappa shape index (κ2) is 6.62. The molecule has 3 nitrogen and oxygen atoms in total. The summed E-state index contributed by atoms with van der Waals surface area (Å²) in [6.07, 6.45) is 2.54. The van der Waals surface area contributed by atoms with Crippen molar-refractivity contribution in [2.24, 2.45) is 5.92 Å². The molecule has 0 aromatic heterocycles. The summed E-state index contributed by atoms with van der Waals surface area (Å²) in [5, 5.41) is 3.39. The van der Waals surface area contributed by atoms with E-state index in [4.69, 9.17) is 4.74 Å². The Hall–Kier alpha value is 0.170. The van der Waals surface area contributed by atoms with Crippen LogP contribution in [-0.2, 0) is 4.74 Å². The molecule has 0 atom stereocenters. The molecular weight excluding hydrogens is 200 g/mol. The van der Waals surface area contributed by atoms with Gasteiger partial charge in [-0.25, -0.2) is 0 Å². The Morgan fingerprint density at radius 3 is 2.43 bits per heavy atom. The zero-order chi connectivity index (χ0) is 8.93. The van der Waals surface area contributed by atoms with Gasteiger partial charge in [-0.05, 0) is 18.8 Å². The molecule has 2 aliphatic heterocycles. The molecule has 0 radical (unpaired) electrons. The van der Waals surface area contributed by atoms with Crippen molar-refractivity contribution in [1.82, 2.24) is 10.2 Å². The maximum Gasteiger partial charge on any atom is 0.0469 e. The van der Waals surface area contributed by atoms with Gasteiger partial charge in [0, 0.05) is 45.9 Å². The Bertz CT molecular complexity index is 129. The smallest absolute Gasteiger partial charge is 0.0469 e. The first kappa shape index (κ1) is 12.2. The van der Waals surface area contributed by atoms with E-state index in [9.17, 15) is 0 Å². The highest BCUT2D eigenvalue weighted by atomic mass is 35.5. The molecule has 2 rings (SSSR count). The molecule has 2 aliphatic rings. The maximum atomic E-state index is 5.36. The fourth-order valence-electron chi connectivity index (χ4n) is 2.19. The van der Waals surface area contributed by atoms with Crippen LogP contribution in [0.25, 0.3) is 0 Å². The molecule has 0 aromatic rings. The van der Waals surface area contributed by atoms with Crippen molar-refractivity contribution < 1.29 is 4.74 Å². The van der Waals surface area contributed by atoms with Gasteiger partial charge in [-0.1, -0.05) is 0 Å². The summed E-state index contributed by atoms with van der Waals surface area (Å²) in [6, 6.07) is 0. The molecule has 84 valence electrons. The molecule has 4 heteroatoms. The zero-order valence-electron chi connectivity index (χ0n) is 8.71. The maximum absolute atomic E-state index is 5.36. The third kappa shape index (κ3) is 3.73. The van der Waals surface area contributed by atoms with Gasteiger partial charge in [-0.15, -0.1) is 12.4 Å². The van der Waals surface area contributed by atoms with Gasteiger partial charge in [-0.3, -0.25) is 0 Å². The van der Waals surface area contributed by atoms with Crippen LogP contribution in [0.1, 0.15) is 12.8 Å². The number of rotatable bonds is 2. The molecule has 0 amide bonds. The van der Waals surface area contributed by atoms with Crippen molar-refractivity contribution in [3.8, 4) is 0 Å². The predicted octanol–water partition coefficient (Wildman–Crippen LogP) is 0.740. The van der Waals surface area contributed by atoms with Crippen molar-refractivity contribution in [3.05, 3.63) is 0 Å². The zero-order valence-corrected chi connectivity index (χ0v) is 9.52. The molecule has 14 heavy (non-hydrogen) atoms. The third-order valence-corrected chi connectivity index (χ3v) is 3.07. The van der Waals surface area contributed by atoms with Crippen LogP contribution in [0.4, 0.5) is 0 Å². The molecule has 0 saturated carbocycles. The SMILES string of the molecule is C1CN(CC2CCOCC2)CCN1.Cl. The highest BCUT2D eigenvalue weighted by Crippen LogP contribution is 2.16. The summed E-state index contributed by atoms with van der Waals surface area (Å²) in [7, 11) is 0. The van der Waals surface area contributed by atoms with Gasteiger partial charge < -0.3 is 15.0 Å². The largest absolute Gasteiger partial charge is 0.381 e. The predicted molar refractivity (Wildman–Crippen MR) is 60.1 cm³/mol. The molecule has 0 aliphatic carbocycles. The van der Waals surface area contributed by atoms with Crippen LogP contribution >= 0.6 is 12.4 Å². The van der Waals surface area contributed by atoms with E-state index in [1.165, 1.54) is 45.6 Å². The fraction of sp³-hybridized carbons (Fsp3) is 1.00. The van der Waals surface area contributed by atoms with Gasteiger partial charge in [0.25, 0.3) is 0 Å². The summed E-state index contributed by atoms with van der Waals surface area (Å²) in [5.74, 6) is 0.895. The first-order chi connectivity index (χ1) is 6.45. The number of hydrogen-bond acceptors (Lipinski definition) is 3. The van der Waals surface area contributed by atoms with Crippen molar-refractivity contribution in [1.29, 1.82) is 0 Å². The van der Waals surface area contributed by atoms with Gasteiger partial charge in [0.05, 0.1) is 0 Å². The second-order valence-corrected chi connectivity index (χ2v) is 4.11. The van der Waals surface area contributed by atoms with Crippen LogP contribution in [-0.4, -0.2) is 50.8 Å². The Kier molecular flexibility index (Phi) is 5.78. The number of piperazine rings is 1. The van der Waals surface area contributed by atoms with Crippen LogP contribution < -0.4 is 5.32 Å². The van der Waals surface area contributed by atoms with Gasteiger partial charge >= 0.3 is 0 Å². The first-order valence-electron chi connectivity index (χ1n) is 5.46. The van der Waals surface area contributed by atoms with Crippen LogP contribution in [0, 0.1) is 5.92 Å². The van der Waals surface area contributed by atoms with E-state index < -0.39 is 0 Å². The minimum absolute atomic E-state index is 0. The van der Waals surface area contributed by atoms with E-state index in [1.54, 1.807) is 0 Å². The van der Waals surface area contributed by atoms with Gasteiger partial charge in [0.1, 0.15) is 0 Å². The van der Waals surface area contributed by atoms with Crippen LogP contribution in [0.2, 0.25) is 0 Å². The standard InChI is InChI=1S/C10H20N2O.ClH/c1-7-13-8-2-10(1)9-12-5-3-11-4-6-12;/h10-11H,1-9H2;1H. The lowest BCUT2D eigenvalue weighted by Crippen LogP contribution is -2.45. The second-order valence-electron chi connectivity index (χ2n) is 4.11. The van der Waals surface area contributed by atoms with Crippen molar-refractivity contribution >= 4 is 12.4 Å². The number of halogens is 1. The van der Waals surface area contributed by atoms with Crippen LogP contribution in [0.3, 0.4) is 0 Å². The summed E-state index contributed by atoms with van der Waals surface area (Å²) >= 11 is 0. The summed E-state index contributed by atoms with van der Waals surface area (Å²) in [5.41, 5.74) is 0. The quantitative estimate of drug-likeness (QED) is 0.743. The lowest BCUT2D eigenvalue weighted by molar-refractivity contribution is 0.0508. The van der Waals surface area contributed by atoms with Gasteiger partial charge in [0.2, 0.25) is 0 Å². The fourth-order valence-corrected chi connectivity index (χ4v) is 2.19. The normalized spacial score (nSPS) is 25.7. The summed E-state index contributed by atoms with van der Waals surface area (Å²) in [6.45, 7) is 8.07. The molecule has 0 unspecified atom stereocenters. The first-order valence-corrected chi connectivity index (χ1v) is 5.46. The van der Waals surface area contributed by atoms with Crippen LogP contribution in [0.15, 0.2) is 0 Å². The molecule has 1 N–H and O–H groups in total. The number of nitrogens with zero attached hydrogens (tertiary/aromatic N) is 1. The topological polar surface area (TPSA) is 24.5 Å². The molecule has 2 saturated heterocycles. The van der Waals surface area contributed by atoms with E-state index in [2.05, 4.69) is 10.2 Å². The molecule has 0 spiro atoms. The molecule has 2 fully saturated rings. The highest BCUT2D eigenvalue weighted by Gasteiger charge is 2.18. The Morgan fingerprint density at radius 2 is 1.79 bits per heavy atom. The number of ether oxygens (including phenoxy) is 1. The van der Waals surface area contributed by atoms with Crippen molar-refractivity contribution in [3.63, 3.8) is 0 Å². The molecule has 0 aromatic carbocycles. The minimum atomic E-state index is 0. The lowest BCUT2D eigenvalue weighted by Gasteiger charge is -2.32. The Balaban J connectivity index is 0.000000980. The van der Waals surface area contributed by atoms with E-state index in [0.717, 1.165) is 19.1 Å². The van der Waals surface area contributed by atoms with Crippen molar-refractivity contribution in [2.45, 2.75) is 12.8 Å². The van der Waals surface area contributed by atoms with E-state index in [1.807, 2.05) is 0 Å². The molecular formula is C10H21ClN2O. The Labute approximate surface area is 92.6 Å². The summed E-state index contributed by atoms with van der Waals surface area (Å²) in [4.78, 5) is 2.59. The monoisotopic (exact) mass is 220 g/mol. The average Bonchev–Trinajstić information content (AvgIpc) is 2.21. The Morgan fingerprint density at radius 1 is 1.14 bits per heavy atom. The van der Waals surface area contributed by atoms with Crippen LogP contribution in [0.5, 0.6) is 0 Å². The minimum Gasteiger partial charge on any atom is -0.381 e. The third-order valence-electron chi connectivity index (χ3n) is 3.07. The lowest BCUT2D eigenvalue weighted by atomic mass is 9.99. The highest BCUT2D eigenvalue weighted by molar-refractivity contribution is 5.85. The molecule has 0 bridgehead atoms. The molecule has 2 heterocycles. The van der Waals surface area contributed by atoms with Crippen molar-refractivity contribution in [2.75, 3.05) is 45.9 Å². The number of nitrogens with one attached hydrogen (secondary N) is 1. The van der Waals surface area contributed by atoms with E-state index >= 15 is 0 Å². The van der Waals surface area contributed by atoms with E-state index in [-0.39, 0.29) is 12.4 Å². The van der Waals surface area contributed by atoms with Gasteiger partial charge in [0.15, 0.2) is 0 Å². The van der Waals surface area contributed by atoms with E-state index in [0.29, 0.717) is 0 Å². The average molecular weight is 221 g/mol.